The maximum atomic E-state index is 12.7. The van der Waals surface area contributed by atoms with E-state index in [0.29, 0.717) is 17.1 Å². The van der Waals surface area contributed by atoms with Crippen LogP contribution >= 0.6 is 11.6 Å². The van der Waals surface area contributed by atoms with Crippen molar-refractivity contribution in [2.75, 3.05) is 0 Å². The van der Waals surface area contributed by atoms with E-state index in [2.05, 4.69) is 14.7 Å². The maximum absolute atomic E-state index is 12.7. The molecule has 3 heterocycles. The summed E-state index contributed by atoms with van der Waals surface area (Å²) in [6.07, 6.45) is 4.09. The first-order valence-electron chi connectivity index (χ1n) is 8.63. The first-order valence-corrected chi connectivity index (χ1v) is 9.01. The number of rotatable bonds is 5. The van der Waals surface area contributed by atoms with E-state index in [1.165, 1.54) is 0 Å². The minimum atomic E-state index is -2.87. The number of aromatic nitrogens is 3. The Hall–Kier alpha value is -2.99. The van der Waals surface area contributed by atoms with Crippen molar-refractivity contribution in [3.63, 3.8) is 0 Å². The third-order valence-corrected chi connectivity index (χ3v) is 4.75. The standard InChI is InChI=1S/C21H16ClF2N3O/c1-13-17(10-14-4-2-3-5-18(14)28-21(23)24)27-12-16(7-9-20(27)26-13)15-6-8-19(22)25-11-15/h2-9,11-12,21H,10H2,1H3. The van der Waals surface area contributed by atoms with Crippen molar-refractivity contribution in [3.8, 4) is 16.9 Å². The molecule has 142 valence electrons. The summed E-state index contributed by atoms with van der Waals surface area (Å²) in [5.41, 5.74) is 5.07. The average Bonchev–Trinajstić information content (AvgIpc) is 2.98. The van der Waals surface area contributed by atoms with Crippen molar-refractivity contribution in [1.82, 2.24) is 14.4 Å². The number of fused-ring (bicyclic) bond motifs is 1. The molecule has 4 rings (SSSR count). The van der Waals surface area contributed by atoms with Crippen molar-refractivity contribution < 1.29 is 13.5 Å². The average molecular weight is 400 g/mol. The number of halogens is 3. The molecule has 0 atom stereocenters. The molecule has 0 radical (unpaired) electrons. The van der Waals surface area contributed by atoms with Gasteiger partial charge in [-0.3, -0.25) is 0 Å². The van der Waals surface area contributed by atoms with Crippen LogP contribution in [0.15, 0.2) is 60.9 Å². The molecule has 1 aromatic carbocycles. The molecule has 4 aromatic rings. The second kappa shape index (κ2) is 7.56. The Balaban J connectivity index is 1.76. The summed E-state index contributed by atoms with van der Waals surface area (Å²) >= 11 is 5.87. The van der Waals surface area contributed by atoms with Gasteiger partial charge in [0.25, 0.3) is 0 Å². The highest BCUT2D eigenvalue weighted by Gasteiger charge is 2.15. The fraction of sp³-hybridized carbons (Fsp3) is 0.143. The Morgan fingerprint density at radius 2 is 1.86 bits per heavy atom. The van der Waals surface area contributed by atoms with E-state index in [1.54, 1.807) is 36.5 Å². The minimum Gasteiger partial charge on any atom is -0.435 e. The molecular weight excluding hydrogens is 384 g/mol. The molecule has 0 aliphatic rings. The van der Waals surface area contributed by atoms with Crippen molar-refractivity contribution in [2.24, 2.45) is 0 Å². The predicted octanol–water partition coefficient (Wildman–Crippen LogP) is 5.55. The molecule has 3 aromatic heterocycles. The Morgan fingerprint density at radius 3 is 2.61 bits per heavy atom. The molecule has 0 fully saturated rings. The molecular formula is C21H16ClF2N3O. The van der Waals surface area contributed by atoms with Crippen LogP contribution < -0.4 is 4.74 Å². The van der Waals surface area contributed by atoms with E-state index in [1.807, 2.05) is 35.7 Å². The van der Waals surface area contributed by atoms with Gasteiger partial charge >= 0.3 is 6.61 Å². The molecule has 0 aliphatic heterocycles. The fourth-order valence-electron chi connectivity index (χ4n) is 3.18. The van der Waals surface area contributed by atoms with Crippen LogP contribution in [0, 0.1) is 6.92 Å². The zero-order chi connectivity index (χ0) is 19.7. The molecule has 7 heteroatoms. The van der Waals surface area contributed by atoms with E-state index in [0.717, 1.165) is 28.2 Å². The Morgan fingerprint density at radius 1 is 1.07 bits per heavy atom. The van der Waals surface area contributed by atoms with Crippen LogP contribution in [0.4, 0.5) is 8.78 Å². The minimum absolute atomic E-state index is 0.171. The number of nitrogens with zero attached hydrogens (tertiary/aromatic N) is 3. The molecule has 0 unspecified atom stereocenters. The van der Waals surface area contributed by atoms with Gasteiger partial charge in [-0.05, 0) is 37.3 Å². The van der Waals surface area contributed by atoms with Crippen LogP contribution in [-0.4, -0.2) is 21.0 Å². The van der Waals surface area contributed by atoms with Crippen molar-refractivity contribution in [2.45, 2.75) is 20.0 Å². The number of alkyl halides is 2. The van der Waals surface area contributed by atoms with E-state index in [-0.39, 0.29) is 5.75 Å². The second-order valence-corrected chi connectivity index (χ2v) is 6.71. The quantitative estimate of drug-likeness (QED) is 0.413. The molecule has 0 aliphatic carbocycles. The van der Waals surface area contributed by atoms with Gasteiger partial charge in [-0.15, -0.1) is 0 Å². The number of ether oxygens (including phenoxy) is 1. The lowest BCUT2D eigenvalue weighted by Gasteiger charge is -2.11. The molecule has 28 heavy (non-hydrogen) atoms. The predicted molar refractivity (Wildman–Crippen MR) is 104 cm³/mol. The lowest BCUT2D eigenvalue weighted by molar-refractivity contribution is -0.0503. The van der Waals surface area contributed by atoms with Crippen molar-refractivity contribution in [1.29, 1.82) is 0 Å². The molecule has 0 N–H and O–H groups in total. The highest BCUT2D eigenvalue weighted by Crippen LogP contribution is 2.27. The van der Waals surface area contributed by atoms with E-state index >= 15 is 0 Å². The van der Waals surface area contributed by atoms with Crippen LogP contribution in [0.5, 0.6) is 5.75 Å². The van der Waals surface area contributed by atoms with Gasteiger partial charge in [0, 0.05) is 41.2 Å². The summed E-state index contributed by atoms with van der Waals surface area (Å²) in [7, 11) is 0. The number of imidazole rings is 1. The summed E-state index contributed by atoms with van der Waals surface area (Å²) in [4.78, 5) is 8.71. The highest BCUT2D eigenvalue weighted by molar-refractivity contribution is 6.29. The molecule has 0 bridgehead atoms. The zero-order valence-electron chi connectivity index (χ0n) is 14.9. The van der Waals surface area contributed by atoms with Crippen molar-refractivity contribution >= 4 is 17.2 Å². The highest BCUT2D eigenvalue weighted by atomic mass is 35.5. The lowest BCUT2D eigenvalue weighted by atomic mass is 10.1. The Kier molecular flexibility index (Phi) is 4.96. The monoisotopic (exact) mass is 399 g/mol. The topological polar surface area (TPSA) is 39.4 Å². The summed E-state index contributed by atoms with van der Waals surface area (Å²) in [6, 6.07) is 14.3. The number of aryl methyl sites for hydroxylation is 1. The van der Waals surface area contributed by atoms with E-state index in [9.17, 15) is 8.78 Å². The number of hydrogen-bond acceptors (Lipinski definition) is 3. The number of para-hydroxylation sites is 1. The third-order valence-electron chi connectivity index (χ3n) is 4.52. The van der Waals surface area contributed by atoms with Gasteiger partial charge in [-0.2, -0.15) is 8.78 Å². The first-order chi connectivity index (χ1) is 13.5. The molecule has 4 nitrogen and oxygen atoms in total. The van der Waals surface area contributed by atoms with E-state index in [4.69, 9.17) is 11.6 Å². The zero-order valence-corrected chi connectivity index (χ0v) is 15.7. The van der Waals surface area contributed by atoms with Crippen LogP contribution in [-0.2, 0) is 6.42 Å². The summed E-state index contributed by atoms with van der Waals surface area (Å²) in [5, 5.41) is 0.430. The van der Waals surface area contributed by atoms with Gasteiger partial charge in [0.15, 0.2) is 0 Å². The number of hydrogen-bond donors (Lipinski definition) is 0. The van der Waals surface area contributed by atoms with Gasteiger partial charge < -0.3 is 9.14 Å². The Bertz CT molecular complexity index is 1130. The van der Waals surface area contributed by atoms with Gasteiger partial charge in [0.2, 0.25) is 0 Å². The number of benzene rings is 1. The van der Waals surface area contributed by atoms with Gasteiger partial charge in [-0.1, -0.05) is 29.8 Å². The molecule has 0 spiro atoms. The summed E-state index contributed by atoms with van der Waals surface area (Å²) in [5.74, 6) is 0.171. The summed E-state index contributed by atoms with van der Waals surface area (Å²) in [6.45, 7) is -0.962. The number of pyridine rings is 2. The Labute approximate surface area is 165 Å². The van der Waals surface area contributed by atoms with Crippen LogP contribution in [0.1, 0.15) is 17.0 Å². The van der Waals surface area contributed by atoms with Crippen LogP contribution in [0.2, 0.25) is 5.15 Å². The van der Waals surface area contributed by atoms with E-state index < -0.39 is 6.61 Å². The first kappa shape index (κ1) is 18.4. The largest absolute Gasteiger partial charge is 0.435 e. The fourth-order valence-corrected chi connectivity index (χ4v) is 3.29. The van der Waals surface area contributed by atoms with Crippen LogP contribution in [0.3, 0.4) is 0 Å². The normalized spacial score (nSPS) is 11.3. The smallest absolute Gasteiger partial charge is 0.387 e. The maximum Gasteiger partial charge on any atom is 0.387 e. The van der Waals surface area contributed by atoms with Crippen molar-refractivity contribution in [3.05, 3.63) is 83.0 Å². The lowest BCUT2D eigenvalue weighted by Crippen LogP contribution is -2.05. The molecule has 0 amide bonds. The van der Waals surface area contributed by atoms with Gasteiger partial charge in [-0.25, -0.2) is 9.97 Å². The van der Waals surface area contributed by atoms with Gasteiger partial charge in [0.1, 0.15) is 16.5 Å². The molecule has 0 saturated heterocycles. The van der Waals surface area contributed by atoms with Crippen LogP contribution in [0.25, 0.3) is 16.8 Å². The third kappa shape index (κ3) is 3.68. The van der Waals surface area contributed by atoms with Gasteiger partial charge in [0.05, 0.1) is 5.69 Å². The summed E-state index contributed by atoms with van der Waals surface area (Å²) < 4.78 is 32.1. The molecule has 0 saturated carbocycles. The second-order valence-electron chi connectivity index (χ2n) is 6.32. The SMILES string of the molecule is Cc1nc2ccc(-c3ccc(Cl)nc3)cn2c1Cc1ccccc1OC(F)F.